The average molecular weight is 214 g/mol. The number of fused-ring (bicyclic) bond motifs is 1. The Morgan fingerprint density at radius 3 is 2.88 bits per heavy atom. The molecule has 16 heavy (non-hydrogen) atoms. The van der Waals surface area contributed by atoms with Gasteiger partial charge in [0.05, 0.1) is 0 Å². The number of carbonyl (C=O) groups is 1. The lowest BCUT2D eigenvalue weighted by molar-refractivity contribution is 0.0903. The van der Waals surface area contributed by atoms with Crippen LogP contribution in [0.4, 0.5) is 0 Å². The van der Waals surface area contributed by atoms with Gasteiger partial charge < -0.3 is 0 Å². The molecule has 1 aliphatic carbocycles. The molecule has 1 heteroatoms. The molecule has 0 fully saturated rings. The van der Waals surface area contributed by atoms with Crippen LogP contribution in [0.5, 0.6) is 0 Å². The fourth-order valence-electron chi connectivity index (χ4n) is 2.26. The fraction of sp³-hybridized carbons (Fsp3) is 0.400. The van der Waals surface area contributed by atoms with Crippen LogP contribution in [-0.4, -0.2) is 5.78 Å². The highest BCUT2D eigenvalue weighted by Crippen LogP contribution is 2.27. The van der Waals surface area contributed by atoms with E-state index in [1.54, 1.807) is 0 Å². The van der Waals surface area contributed by atoms with Crippen molar-refractivity contribution in [1.82, 2.24) is 0 Å². The Balaban J connectivity index is 2.18. The Morgan fingerprint density at radius 2 is 2.12 bits per heavy atom. The summed E-state index contributed by atoms with van der Waals surface area (Å²) < 4.78 is 0. The van der Waals surface area contributed by atoms with Gasteiger partial charge in [-0.25, -0.2) is 0 Å². The van der Waals surface area contributed by atoms with Crippen LogP contribution in [0.15, 0.2) is 35.9 Å². The molecule has 0 saturated carbocycles. The van der Waals surface area contributed by atoms with Crippen LogP contribution < -0.4 is 0 Å². The fourth-order valence-corrected chi connectivity index (χ4v) is 2.26. The minimum absolute atomic E-state index is 0.199. The molecule has 0 amide bonds. The first-order valence-corrected chi connectivity index (χ1v) is 5.94. The molecule has 0 aliphatic heterocycles. The first-order chi connectivity index (χ1) is 7.68. The van der Waals surface area contributed by atoms with Gasteiger partial charge in [-0.1, -0.05) is 35.9 Å². The molecule has 1 atom stereocenters. The summed E-state index contributed by atoms with van der Waals surface area (Å²) in [6.45, 7) is 4.17. The molecule has 1 unspecified atom stereocenters. The molecule has 0 spiro atoms. The largest absolute Gasteiger partial charge is 0.294 e. The highest BCUT2D eigenvalue weighted by molar-refractivity contribution is 6.00. The molecule has 0 heterocycles. The van der Waals surface area contributed by atoms with Crippen LogP contribution in [0.25, 0.3) is 0 Å². The molecule has 1 aromatic rings. The van der Waals surface area contributed by atoms with E-state index in [2.05, 4.69) is 26.0 Å². The summed E-state index contributed by atoms with van der Waals surface area (Å²) in [6, 6.07) is 8.01. The second-order valence-electron chi connectivity index (χ2n) is 4.77. The topological polar surface area (TPSA) is 17.1 Å². The molecular weight excluding hydrogens is 196 g/mol. The highest BCUT2D eigenvalue weighted by Gasteiger charge is 2.25. The van der Waals surface area contributed by atoms with Crippen molar-refractivity contribution in [2.24, 2.45) is 5.92 Å². The van der Waals surface area contributed by atoms with Crippen molar-refractivity contribution in [3.8, 4) is 0 Å². The molecule has 0 aromatic heterocycles. The van der Waals surface area contributed by atoms with Crippen molar-refractivity contribution in [3.63, 3.8) is 0 Å². The van der Waals surface area contributed by atoms with Crippen molar-refractivity contribution < 1.29 is 4.79 Å². The van der Waals surface area contributed by atoms with Crippen LogP contribution >= 0.6 is 0 Å². The van der Waals surface area contributed by atoms with Crippen LogP contribution in [0, 0.1) is 5.92 Å². The number of aryl methyl sites for hydroxylation is 1. The van der Waals surface area contributed by atoms with Gasteiger partial charge >= 0.3 is 0 Å². The van der Waals surface area contributed by atoms with Gasteiger partial charge in [0, 0.05) is 11.5 Å². The Kier molecular flexibility index (Phi) is 3.23. The van der Waals surface area contributed by atoms with Crippen molar-refractivity contribution >= 4 is 5.78 Å². The zero-order chi connectivity index (χ0) is 11.5. The minimum atomic E-state index is 0.199. The third-order valence-electron chi connectivity index (χ3n) is 3.23. The number of carbonyl (C=O) groups excluding carboxylic acids is 1. The summed E-state index contributed by atoms with van der Waals surface area (Å²) in [6.07, 6.45) is 5.12. The van der Waals surface area contributed by atoms with Crippen LogP contribution in [0.3, 0.4) is 0 Å². The number of rotatable bonds is 2. The van der Waals surface area contributed by atoms with Crippen molar-refractivity contribution in [2.45, 2.75) is 33.1 Å². The van der Waals surface area contributed by atoms with Crippen LogP contribution in [-0.2, 0) is 6.42 Å². The number of hydrogen-bond donors (Lipinski definition) is 0. The van der Waals surface area contributed by atoms with Crippen LogP contribution in [0.2, 0.25) is 0 Å². The molecule has 2 rings (SSSR count). The summed E-state index contributed by atoms with van der Waals surface area (Å²) in [7, 11) is 0. The molecule has 0 saturated heterocycles. The van der Waals surface area contributed by atoms with E-state index in [0.29, 0.717) is 5.78 Å². The summed E-state index contributed by atoms with van der Waals surface area (Å²) in [5.74, 6) is 0.532. The van der Waals surface area contributed by atoms with E-state index < -0.39 is 0 Å². The van der Waals surface area contributed by atoms with E-state index in [9.17, 15) is 4.79 Å². The second-order valence-corrected chi connectivity index (χ2v) is 4.77. The number of benzene rings is 1. The van der Waals surface area contributed by atoms with Crippen molar-refractivity contribution in [1.29, 1.82) is 0 Å². The smallest absolute Gasteiger partial charge is 0.166 e. The van der Waals surface area contributed by atoms with Gasteiger partial charge in [0.1, 0.15) is 0 Å². The lowest BCUT2D eigenvalue weighted by Crippen LogP contribution is -2.22. The quantitative estimate of drug-likeness (QED) is 0.684. The van der Waals surface area contributed by atoms with E-state index in [0.717, 1.165) is 24.8 Å². The normalized spacial score (nSPS) is 19.1. The van der Waals surface area contributed by atoms with Gasteiger partial charge in [-0.3, -0.25) is 4.79 Å². The minimum Gasteiger partial charge on any atom is -0.294 e. The van der Waals surface area contributed by atoms with Crippen molar-refractivity contribution in [3.05, 3.63) is 47.0 Å². The Labute approximate surface area is 97.2 Å². The summed E-state index contributed by atoms with van der Waals surface area (Å²) in [5, 5.41) is 0. The van der Waals surface area contributed by atoms with Gasteiger partial charge in [-0.2, -0.15) is 0 Å². The zero-order valence-corrected chi connectivity index (χ0v) is 9.99. The van der Waals surface area contributed by atoms with Gasteiger partial charge in [0.2, 0.25) is 0 Å². The lowest BCUT2D eigenvalue weighted by atomic mass is 9.81. The first kappa shape index (κ1) is 11.1. The average Bonchev–Trinajstić information content (AvgIpc) is 2.28. The molecule has 84 valence electrons. The molecule has 0 N–H and O–H groups in total. The molecule has 0 bridgehead atoms. The van der Waals surface area contributed by atoms with Crippen LogP contribution in [0.1, 0.15) is 42.6 Å². The third kappa shape index (κ3) is 2.24. The SMILES string of the molecule is CC(C)=CCC1CCc2ccccc2C1=O. The van der Waals surface area contributed by atoms with E-state index >= 15 is 0 Å². The van der Waals surface area contributed by atoms with E-state index in [-0.39, 0.29) is 5.92 Å². The first-order valence-electron chi connectivity index (χ1n) is 5.94. The Hall–Kier alpha value is -1.37. The van der Waals surface area contributed by atoms with Crippen molar-refractivity contribution in [2.75, 3.05) is 0 Å². The molecular formula is C15H18O. The molecule has 0 radical (unpaired) electrons. The highest BCUT2D eigenvalue weighted by atomic mass is 16.1. The monoisotopic (exact) mass is 214 g/mol. The third-order valence-corrected chi connectivity index (χ3v) is 3.23. The van der Waals surface area contributed by atoms with E-state index in [1.807, 2.05) is 18.2 Å². The Morgan fingerprint density at radius 1 is 1.38 bits per heavy atom. The van der Waals surface area contributed by atoms with Gasteiger partial charge in [-0.15, -0.1) is 0 Å². The second kappa shape index (κ2) is 4.65. The van der Waals surface area contributed by atoms with Gasteiger partial charge in [0.15, 0.2) is 5.78 Å². The lowest BCUT2D eigenvalue weighted by Gasteiger charge is -2.22. The predicted octanol–water partition coefficient (Wildman–Crippen LogP) is 3.79. The number of Topliss-reactive ketones (excluding diaryl/α,β-unsaturated/α-hetero) is 1. The standard InChI is InChI=1S/C15H18O/c1-11(2)7-8-13-10-9-12-5-3-4-6-14(12)15(13)16/h3-7,13H,8-10H2,1-2H3. The number of hydrogen-bond acceptors (Lipinski definition) is 1. The molecule has 1 aliphatic rings. The maximum absolute atomic E-state index is 12.2. The molecule has 1 nitrogen and oxygen atoms in total. The zero-order valence-electron chi connectivity index (χ0n) is 9.99. The summed E-state index contributed by atoms with van der Waals surface area (Å²) in [4.78, 5) is 12.2. The summed E-state index contributed by atoms with van der Waals surface area (Å²) >= 11 is 0. The maximum Gasteiger partial charge on any atom is 0.166 e. The number of allylic oxidation sites excluding steroid dienone is 2. The van der Waals surface area contributed by atoms with Gasteiger partial charge in [0.25, 0.3) is 0 Å². The predicted molar refractivity (Wildman–Crippen MR) is 66.6 cm³/mol. The van der Waals surface area contributed by atoms with E-state index in [4.69, 9.17) is 0 Å². The van der Waals surface area contributed by atoms with E-state index in [1.165, 1.54) is 11.1 Å². The van der Waals surface area contributed by atoms with Gasteiger partial charge in [-0.05, 0) is 38.7 Å². The maximum atomic E-state index is 12.2. The molecule has 1 aromatic carbocycles. The Bertz CT molecular complexity index is 425. The summed E-state index contributed by atoms with van der Waals surface area (Å²) in [5.41, 5.74) is 3.47. The number of ketones is 1.